The highest BCUT2D eigenvalue weighted by Crippen LogP contribution is 2.43. The van der Waals surface area contributed by atoms with Crippen LogP contribution in [0.15, 0.2) is 46.1 Å². The van der Waals surface area contributed by atoms with Crippen LogP contribution in [0.5, 0.6) is 11.5 Å². The number of rotatable bonds is 8. The van der Waals surface area contributed by atoms with Crippen LogP contribution in [-0.2, 0) is 14.3 Å². The molecule has 1 unspecified atom stereocenters. The third-order valence-corrected chi connectivity index (χ3v) is 7.75. The number of nitrogens with zero attached hydrogens (tertiary/aromatic N) is 5. The Morgan fingerprint density at radius 1 is 1.17 bits per heavy atom. The van der Waals surface area contributed by atoms with E-state index in [-0.39, 0.29) is 18.4 Å². The van der Waals surface area contributed by atoms with Crippen LogP contribution in [0.4, 0.5) is 11.6 Å². The highest BCUT2D eigenvalue weighted by atomic mass is 79.9. The van der Waals surface area contributed by atoms with Crippen LogP contribution in [0, 0.1) is 13.8 Å². The number of ether oxygens (including phenoxy) is 3. The second-order valence-corrected chi connectivity index (χ2v) is 10.6. The van der Waals surface area contributed by atoms with Gasteiger partial charge in [0, 0.05) is 24.5 Å². The van der Waals surface area contributed by atoms with Crippen molar-refractivity contribution in [1.29, 1.82) is 0 Å². The number of anilines is 2. The first-order chi connectivity index (χ1) is 19.8. The average molecular weight is 627 g/mol. The first kappa shape index (κ1) is 28.6. The summed E-state index contributed by atoms with van der Waals surface area (Å²) >= 11 is 3.61. The quantitative estimate of drug-likeness (QED) is 0.385. The monoisotopic (exact) mass is 625 g/mol. The lowest BCUT2D eigenvalue weighted by Gasteiger charge is -2.29. The molecule has 3 aromatic rings. The van der Waals surface area contributed by atoms with Gasteiger partial charge < -0.3 is 29.7 Å². The maximum Gasteiger partial charge on any atom is 0.260 e. The molecule has 1 aromatic heterocycles. The van der Waals surface area contributed by atoms with Crippen molar-refractivity contribution < 1.29 is 23.8 Å². The summed E-state index contributed by atoms with van der Waals surface area (Å²) in [7, 11) is 0. The molecule has 1 fully saturated rings. The van der Waals surface area contributed by atoms with Gasteiger partial charge in [-0.25, -0.2) is 0 Å². The molecule has 41 heavy (non-hydrogen) atoms. The van der Waals surface area contributed by atoms with E-state index in [1.54, 1.807) is 15.6 Å². The smallest absolute Gasteiger partial charge is 0.260 e. The summed E-state index contributed by atoms with van der Waals surface area (Å²) in [5, 5.41) is 18.3. The Morgan fingerprint density at radius 2 is 1.95 bits per heavy atom. The SMILES string of the molecule is CCOc1cc(C2C(C(=O)Nc3cccc(C)c3C)=C(C)Nc3nnnn32)cc(Br)c1OCC(=O)N1CCOCC1. The normalized spacial score (nSPS) is 16.6. The molecule has 2 aliphatic rings. The summed E-state index contributed by atoms with van der Waals surface area (Å²) in [6.45, 7) is 9.94. The van der Waals surface area contributed by atoms with Crippen molar-refractivity contribution in [3.8, 4) is 11.5 Å². The number of aromatic nitrogens is 4. The Bertz CT molecular complexity index is 1500. The van der Waals surface area contributed by atoms with Crippen molar-refractivity contribution in [2.45, 2.75) is 33.7 Å². The molecule has 0 radical (unpaired) electrons. The number of amides is 2. The Morgan fingerprint density at radius 3 is 2.71 bits per heavy atom. The zero-order valence-corrected chi connectivity index (χ0v) is 24.9. The number of fused-ring (bicyclic) bond motifs is 1. The molecule has 3 heterocycles. The molecule has 2 N–H and O–H groups in total. The summed E-state index contributed by atoms with van der Waals surface area (Å²) in [6.07, 6.45) is 0. The van der Waals surface area contributed by atoms with Crippen LogP contribution >= 0.6 is 15.9 Å². The minimum Gasteiger partial charge on any atom is -0.490 e. The molecule has 0 bridgehead atoms. The zero-order valence-electron chi connectivity index (χ0n) is 23.4. The second kappa shape index (κ2) is 12.3. The minimum atomic E-state index is -0.675. The highest BCUT2D eigenvalue weighted by Gasteiger charge is 2.35. The van der Waals surface area contributed by atoms with E-state index in [1.165, 1.54) is 0 Å². The van der Waals surface area contributed by atoms with Crippen LogP contribution in [0.3, 0.4) is 0 Å². The molecule has 5 rings (SSSR count). The summed E-state index contributed by atoms with van der Waals surface area (Å²) < 4.78 is 19.4. The molecule has 1 atom stereocenters. The fraction of sp³-hybridized carbons (Fsp3) is 0.393. The van der Waals surface area contributed by atoms with Crippen LogP contribution < -0.4 is 20.1 Å². The summed E-state index contributed by atoms with van der Waals surface area (Å²) in [5.41, 5.74) is 4.52. The van der Waals surface area contributed by atoms with E-state index >= 15 is 0 Å². The van der Waals surface area contributed by atoms with Crippen molar-refractivity contribution >= 4 is 39.4 Å². The lowest BCUT2D eigenvalue weighted by Crippen LogP contribution is -2.43. The van der Waals surface area contributed by atoms with Gasteiger partial charge in [-0.2, -0.15) is 4.68 Å². The van der Waals surface area contributed by atoms with E-state index in [0.717, 1.165) is 16.8 Å². The van der Waals surface area contributed by atoms with Crippen molar-refractivity contribution in [1.82, 2.24) is 25.1 Å². The number of allylic oxidation sites excluding steroid dienone is 1. The third kappa shape index (κ3) is 5.91. The summed E-state index contributed by atoms with van der Waals surface area (Å²) in [6, 6.07) is 8.73. The number of carbonyl (C=O) groups is 2. The summed E-state index contributed by atoms with van der Waals surface area (Å²) in [4.78, 5) is 28.3. The number of halogens is 1. The van der Waals surface area contributed by atoms with Crippen molar-refractivity contribution in [2.24, 2.45) is 0 Å². The molecule has 0 saturated carbocycles. The topological polar surface area (TPSA) is 133 Å². The molecule has 12 nitrogen and oxygen atoms in total. The molecular formula is C28H32BrN7O5. The number of aryl methyl sites for hydroxylation is 1. The molecule has 13 heteroatoms. The van der Waals surface area contributed by atoms with Crippen LogP contribution in [0.25, 0.3) is 0 Å². The fourth-order valence-electron chi connectivity index (χ4n) is 4.88. The maximum absolute atomic E-state index is 13.8. The number of morpholine rings is 1. The Kier molecular flexibility index (Phi) is 8.54. The molecular weight excluding hydrogens is 594 g/mol. The molecule has 1 saturated heterocycles. The fourth-order valence-corrected chi connectivity index (χ4v) is 5.45. The Balaban J connectivity index is 1.49. The van der Waals surface area contributed by atoms with Crippen LogP contribution in [0.1, 0.15) is 36.6 Å². The van der Waals surface area contributed by atoms with Gasteiger partial charge in [-0.05, 0) is 88.9 Å². The van der Waals surface area contributed by atoms with E-state index in [0.29, 0.717) is 71.7 Å². The predicted octanol–water partition coefficient (Wildman–Crippen LogP) is 3.62. The average Bonchev–Trinajstić information content (AvgIpc) is 3.42. The van der Waals surface area contributed by atoms with Gasteiger partial charge in [0.05, 0.1) is 29.9 Å². The number of nitrogens with one attached hydrogen (secondary N) is 2. The van der Waals surface area contributed by atoms with E-state index in [2.05, 4.69) is 42.1 Å². The lowest BCUT2D eigenvalue weighted by atomic mass is 9.94. The second-order valence-electron chi connectivity index (χ2n) is 9.76. The molecule has 0 spiro atoms. The van der Waals surface area contributed by atoms with Gasteiger partial charge in [-0.1, -0.05) is 17.2 Å². The molecule has 2 aromatic carbocycles. The van der Waals surface area contributed by atoms with Crippen LogP contribution in [0.2, 0.25) is 0 Å². The van der Waals surface area contributed by atoms with E-state index in [4.69, 9.17) is 14.2 Å². The first-order valence-corrected chi connectivity index (χ1v) is 14.2. The number of hydrogen-bond donors (Lipinski definition) is 2. The molecule has 2 aliphatic heterocycles. The van der Waals surface area contributed by atoms with Gasteiger partial charge in [0.2, 0.25) is 5.95 Å². The molecule has 216 valence electrons. The van der Waals surface area contributed by atoms with Crippen molar-refractivity contribution in [3.05, 3.63) is 62.8 Å². The molecule has 0 aliphatic carbocycles. The Hall–Kier alpha value is -3.97. The van der Waals surface area contributed by atoms with Crippen molar-refractivity contribution in [3.63, 3.8) is 0 Å². The van der Waals surface area contributed by atoms with Gasteiger partial charge in [0.15, 0.2) is 18.1 Å². The van der Waals surface area contributed by atoms with Gasteiger partial charge in [0.25, 0.3) is 11.8 Å². The minimum absolute atomic E-state index is 0.132. The van der Waals surface area contributed by atoms with Gasteiger partial charge in [-0.3, -0.25) is 9.59 Å². The third-order valence-electron chi connectivity index (χ3n) is 7.16. The Labute approximate surface area is 246 Å². The largest absolute Gasteiger partial charge is 0.490 e. The number of benzene rings is 2. The number of tetrazole rings is 1. The maximum atomic E-state index is 13.8. The van der Waals surface area contributed by atoms with E-state index in [1.807, 2.05) is 52.0 Å². The van der Waals surface area contributed by atoms with E-state index < -0.39 is 6.04 Å². The number of carbonyl (C=O) groups excluding carboxylic acids is 2. The van der Waals surface area contributed by atoms with Crippen molar-refractivity contribution in [2.75, 3.05) is 50.2 Å². The zero-order chi connectivity index (χ0) is 29.1. The standard InChI is InChI=1S/C28H32BrN7O5/c1-5-40-22-14-19(13-20(29)26(22)41-15-23(37)35-9-11-39-12-10-35)25-24(18(4)30-28-32-33-34-36(25)28)27(38)31-21-8-6-7-16(2)17(21)3/h6-8,13-14,25H,5,9-12,15H2,1-4H3,(H,31,38)(H,30,32,34). The molecule has 2 amide bonds. The van der Waals surface area contributed by atoms with Crippen LogP contribution in [-0.4, -0.2) is 76.4 Å². The number of hydrogen-bond acceptors (Lipinski definition) is 9. The van der Waals surface area contributed by atoms with Gasteiger partial charge in [0.1, 0.15) is 6.04 Å². The highest BCUT2D eigenvalue weighted by molar-refractivity contribution is 9.10. The van der Waals surface area contributed by atoms with Gasteiger partial charge in [-0.15, -0.1) is 0 Å². The predicted molar refractivity (Wildman–Crippen MR) is 155 cm³/mol. The lowest BCUT2D eigenvalue weighted by molar-refractivity contribution is -0.137. The first-order valence-electron chi connectivity index (χ1n) is 13.4. The van der Waals surface area contributed by atoms with Gasteiger partial charge >= 0.3 is 0 Å². The van der Waals surface area contributed by atoms with E-state index in [9.17, 15) is 9.59 Å². The summed E-state index contributed by atoms with van der Waals surface area (Å²) in [5.74, 6) is 0.797.